The Labute approximate surface area is 89.5 Å². The highest BCUT2D eigenvalue weighted by Gasteiger charge is 2.05. The molecule has 0 fully saturated rings. The second-order valence-corrected chi connectivity index (χ2v) is 2.97. The molecule has 1 unspecified atom stereocenters. The second-order valence-electron chi connectivity index (χ2n) is 2.97. The third-order valence-electron chi connectivity index (χ3n) is 1.54. The summed E-state index contributed by atoms with van der Waals surface area (Å²) in [6, 6.07) is 9.18. The van der Waals surface area contributed by atoms with Gasteiger partial charge in [-0.05, 0) is 19.1 Å². The molecule has 78 valence electrons. The van der Waals surface area contributed by atoms with Gasteiger partial charge in [0.25, 0.3) is 0 Å². The number of benzene rings is 1. The molecule has 0 spiro atoms. The van der Waals surface area contributed by atoms with Crippen LogP contribution in [0, 0.1) is 0 Å². The number of aliphatic hydroxyl groups is 1. The molecule has 0 saturated carbocycles. The van der Waals surface area contributed by atoms with Crippen molar-refractivity contribution >= 4 is 24.0 Å². The van der Waals surface area contributed by atoms with Crippen LogP contribution in [0.4, 0.5) is 5.69 Å². The van der Waals surface area contributed by atoms with Gasteiger partial charge in [-0.2, -0.15) is 0 Å². The van der Waals surface area contributed by atoms with E-state index in [-0.39, 0.29) is 24.7 Å². The van der Waals surface area contributed by atoms with E-state index in [2.05, 4.69) is 5.32 Å². The summed E-state index contributed by atoms with van der Waals surface area (Å²) in [5, 5.41) is 11.6. The van der Waals surface area contributed by atoms with Crippen LogP contribution in [0.25, 0.3) is 0 Å². The van der Waals surface area contributed by atoms with Crippen LogP contribution >= 0.6 is 12.4 Å². The average Bonchev–Trinajstić information content (AvgIpc) is 2.04. The largest absolute Gasteiger partial charge is 0.393 e. The lowest BCUT2D eigenvalue weighted by molar-refractivity contribution is -0.117. The molecule has 0 aliphatic heterocycles. The first-order valence-corrected chi connectivity index (χ1v) is 4.21. The van der Waals surface area contributed by atoms with Crippen molar-refractivity contribution in [3.8, 4) is 0 Å². The van der Waals surface area contributed by atoms with Crippen molar-refractivity contribution in [2.24, 2.45) is 0 Å². The lowest BCUT2D eigenvalue weighted by Gasteiger charge is -2.05. The highest BCUT2D eigenvalue weighted by atomic mass is 35.5. The molecule has 1 aromatic rings. The molecule has 1 aromatic carbocycles. The number of para-hydroxylation sites is 1. The number of halogens is 1. The number of aliphatic hydroxyl groups excluding tert-OH is 1. The monoisotopic (exact) mass is 215 g/mol. The van der Waals surface area contributed by atoms with Crippen LogP contribution in [0.5, 0.6) is 0 Å². The summed E-state index contributed by atoms with van der Waals surface area (Å²) < 4.78 is 0. The summed E-state index contributed by atoms with van der Waals surface area (Å²) in [6.07, 6.45) is -0.460. The SMILES string of the molecule is CC(O)CC(=O)Nc1ccccc1.Cl. The van der Waals surface area contributed by atoms with Crippen LogP contribution in [0.2, 0.25) is 0 Å². The maximum absolute atomic E-state index is 11.2. The normalized spacial score (nSPS) is 11.3. The second kappa shape index (κ2) is 6.40. The van der Waals surface area contributed by atoms with Gasteiger partial charge in [-0.1, -0.05) is 18.2 Å². The van der Waals surface area contributed by atoms with Crippen LogP contribution < -0.4 is 5.32 Å². The topological polar surface area (TPSA) is 49.3 Å². The van der Waals surface area contributed by atoms with E-state index in [1.54, 1.807) is 19.1 Å². The molecular formula is C10H14ClNO2. The third kappa shape index (κ3) is 4.84. The minimum Gasteiger partial charge on any atom is -0.393 e. The summed E-state index contributed by atoms with van der Waals surface area (Å²) in [6.45, 7) is 1.59. The van der Waals surface area contributed by atoms with Crippen LogP contribution in [-0.4, -0.2) is 17.1 Å². The van der Waals surface area contributed by atoms with Gasteiger partial charge >= 0.3 is 0 Å². The molecule has 4 heteroatoms. The fraction of sp³-hybridized carbons (Fsp3) is 0.300. The first-order chi connectivity index (χ1) is 6.18. The van der Waals surface area contributed by atoms with Crippen molar-refractivity contribution in [3.63, 3.8) is 0 Å². The predicted octanol–water partition coefficient (Wildman–Crippen LogP) is 1.82. The summed E-state index contributed by atoms with van der Waals surface area (Å²) in [7, 11) is 0. The number of anilines is 1. The van der Waals surface area contributed by atoms with E-state index in [9.17, 15) is 4.79 Å². The molecule has 1 atom stereocenters. The molecule has 3 nitrogen and oxygen atoms in total. The van der Waals surface area contributed by atoms with Gasteiger partial charge in [0.2, 0.25) is 5.91 Å². The first-order valence-electron chi connectivity index (χ1n) is 4.21. The Kier molecular flexibility index (Phi) is 5.92. The summed E-state index contributed by atoms with van der Waals surface area (Å²) in [5.74, 6) is -0.166. The summed E-state index contributed by atoms with van der Waals surface area (Å²) in [5.41, 5.74) is 0.758. The van der Waals surface area contributed by atoms with E-state index in [1.807, 2.05) is 18.2 Å². The maximum Gasteiger partial charge on any atom is 0.226 e. The standard InChI is InChI=1S/C10H13NO2.ClH/c1-8(12)7-10(13)11-9-5-3-2-4-6-9;/h2-6,8,12H,7H2,1H3,(H,11,13);1H. The predicted molar refractivity (Wildman–Crippen MR) is 58.6 cm³/mol. The Morgan fingerprint density at radius 2 is 2.00 bits per heavy atom. The van der Waals surface area contributed by atoms with E-state index in [4.69, 9.17) is 5.11 Å². The smallest absolute Gasteiger partial charge is 0.226 e. The van der Waals surface area contributed by atoms with E-state index in [1.165, 1.54) is 0 Å². The Hall–Kier alpha value is -1.06. The van der Waals surface area contributed by atoms with Gasteiger partial charge in [0.1, 0.15) is 0 Å². The van der Waals surface area contributed by atoms with Crippen molar-refractivity contribution < 1.29 is 9.90 Å². The van der Waals surface area contributed by atoms with E-state index >= 15 is 0 Å². The summed E-state index contributed by atoms with van der Waals surface area (Å²) >= 11 is 0. The van der Waals surface area contributed by atoms with Crippen molar-refractivity contribution in [2.45, 2.75) is 19.4 Å². The fourth-order valence-corrected chi connectivity index (χ4v) is 1.00. The van der Waals surface area contributed by atoms with Crippen LogP contribution in [0.15, 0.2) is 30.3 Å². The van der Waals surface area contributed by atoms with Crippen LogP contribution in [0.1, 0.15) is 13.3 Å². The van der Waals surface area contributed by atoms with Gasteiger partial charge in [0.05, 0.1) is 12.5 Å². The van der Waals surface area contributed by atoms with Gasteiger partial charge in [0.15, 0.2) is 0 Å². The molecule has 14 heavy (non-hydrogen) atoms. The number of carbonyl (C=O) groups is 1. The Morgan fingerprint density at radius 1 is 1.43 bits per heavy atom. The van der Waals surface area contributed by atoms with Crippen LogP contribution in [0.3, 0.4) is 0 Å². The highest BCUT2D eigenvalue weighted by Crippen LogP contribution is 2.05. The average molecular weight is 216 g/mol. The van der Waals surface area contributed by atoms with Crippen molar-refractivity contribution in [1.82, 2.24) is 0 Å². The van der Waals surface area contributed by atoms with Crippen molar-refractivity contribution in [1.29, 1.82) is 0 Å². The van der Waals surface area contributed by atoms with Gasteiger partial charge in [-0.3, -0.25) is 4.79 Å². The van der Waals surface area contributed by atoms with Gasteiger partial charge < -0.3 is 10.4 Å². The Morgan fingerprint density at radius 3 is 2.50 bits per heavy atom. The van der Waals surface area contributed by atoms with E-state index in [0.717, 1.165) is 5.69 Å². The molecule has 0 radical (unpaired) electrons. The van der Waals surface area contributed by atoms with Gasteiger partial charge in [-0.25, -0.2) is 0 Å². The number of rotatable bonds is 3. The molecule has 0 heterocycles. The van der Waals surface area contributed by atoms with Gasteiger partial charge in [-0.15, -0.1) is 12.4 Å². The molecule has 1 rings (SSSR count). The van der Waals surface area contributed by atoms with Crippen molar-refractivity contribution in [2.75, 3.05) is 5.32 Å². The molecule has 0 aliphatic rings. The van der Waals surface area contributed by atoms with E-state index < -0.39 is 6.10 Å². The van der Waals surface area contributed by atoms with E-state index in [0.29, 0.717) is 0 Å². The number of nitrogens with one attached hydrogen (secondary N) is 1. The minimum absolute atomic E-state index is 0. The Balaban J connectivity index is 0.00000169. The molecule has 2 N–H and O–H groups in total. The molecule has 0 aromatic heterocycles. The lowest BCUT2D eigenvalue weighted by atomic mass is 10.2. The number of carbonyl (C=O) groups excluding carboxylic acids is 1. The quantitative estimate of drug-likeness (QED) is 0.808. The zero-order chi connectivity index (χ0) is 9.68. The number of hydrogen-bond acceptors (Lipinski definition) is 2. The summed E-state index contributed by atoms with van der Waals surface area (Å²) in [4.78, 5) is 11.2. The highest BCUT2D eigenvalue weighted by molar-refractivity contribution is 5.90. The maximum atomic E-state index is 11.2. The van der Waals surface area contributed by atoms with Crippen LogP contribution in [-0.2, 0) is 4.79 Å². The molecular weight excluding hydrogens is 202 g/mol. The van der Waals surface area contributed by atoms with Crippen molar-refractivity contribution in [3.05, 3.63) is 30.3 Å². The Bertz CT molecular complexity index is 275. The molecule has 0 aliphatic carbocycles. The number of hydrogen-bond donors (Lipinski definition) is 2. The zero-order valence-corrected chi connectivity index (χ0v) is 8.75. The molecule has 0 bridgehead atoms. The number of amides is 1. The molecule has 1 amide bonds. The lowest BCUT2D eigenvalue weighted by Crippen LogP contribution is -2.17. The minimum atomic E-state index is -0.594. The molecule has 0 saturated heterocycles. The first kappa shape index (κ1) is 12.9. The fourth-order valence-electron chi connectivity index (χ4n) is 1.00. The van der Waals surface area contributed by atoms with Gasteiger partial charge in [0, 0.05) is 5.69 Å². The zero-order valence-electron chi connectivity index (χ0n) is 7.93. The third-order valence-corrected chi connectivity index (χ3v) is 1.54.